The van der Waals surface area contributed by atoms with Gasteiger partial charge >= 0.3 is 5.97 Å². The average Bonchev–Trinajstić information content (AvgIpc) is 2.82. The summed E-state index contributed by atoms with van der Waals surface area (Å²) in [5.41, 5.74) is 2.90. The lowest BCUT2D eigenvalue weighted by atomic mass is 9.89. The van der Waals surface area contributed by atoms with Crippen LogP contribution >= 0.6 is 0 Å². The van der Waals surface area contributed by atoms with Crippen LogP contribution in [0.4, 0.5) is 10.1 Å². The third-order valence-electron chi connectivity index (χ3n) is 6.93. The number of benzene rings is 2. The molecule has 2 fully saturated rings. The zero-order valence-corrected chi connectivity index (χ0v) is 18.4. The van der Waals surface area contributed by atoms with Gasteiger partial charge in [0.15, 0.2) is 0 Å². The summed E-state index contributed by atoms with van der Waals surface area (Å²) in [6.07, 6.45) is 5.83. The van der Waals surface area contributed by atoms with Gasteiger partial charge in [-0.05, 0) is 86.9 Å². The summed E-state index contributed by atoms with van der Waals surface area (Å²) in [6.45, 7) is 5.48. The summed E-state index contributed by atoms with van der Waals surface area (Å²) in [4.78, 5) is 17.0. The first-order valence-electron chi connectivity index (χ1n) is 11.5. The summed E-state index contributed by atoms with van der Waals surface area (Å²) < 4.78 is 18.1. The number of methoxy groups -OCH3 is 1. The fraction of sp³-hybridized carbons (Fsp3) is 0.500. The molecule has 0 saturated carbocycles. The van der Waals surface area contributed by atoms with E-state index >= 15 is 0 Å². The quantitative estimate of drug-likeness (QED) is 0.625. The number of piperidine rings is 2. The molecule has 2 aliphatic rings. The van der Waals surface area contributed by atoms with Gasteiger partial charge in [0.25, 0.3) is 0 Å². The largest absolute Gasteiger partial charge is 0.465 e. The number of anilines is 1. The van der Waals surface area contributed by atoms with Gasteiger partial charge in [-0.2, -0.15) is 0 Å². The Morgan fingerprint density at radius 1 is 0.935 bits per heavy atom. The fourth-order valence-electron chi connectivity index (χ4n) is 5.08. The molecule has 5 heteroatoms. The molecule has 2 aromatic carbocycles. The van der Waals surface area contributed by atoms with Crippen LogP contribution in [-0.2, 0) is 11.2 Å². The minimum atomic E-state index is -0.263. The van der Waals surface area contributed by atoms with E-state index < -0.39 is 0 Å². The van der Waals surface area contributed by atoms with Crippen molar-refractivity contribution in [3.05, 3.63) is 65.5 Å². The Balaban J connectivity index is 1.22. The van der Waals surface area contributed by atoms with Gasteiger partial charge in [0, 0.05) is 19.6 Å². The number of likely N-dealkylation sites (tertiary alicyclic amines) is 1. The average molecular weight is 425 g/mol. The van der Waals surface area contributed by atoms with Crippen molar-refractivity contribution in [2.75, 3.05) is 44.7 Å². The van der Waals surface area contributed by atoms with E-state index in [4.69, 9.17) is 4.74 Å². The van der Waals surface area contributed by atoms with Crippen LogP contribution in [-0.4, -0.2) is 50.7 Å². The molecule has 0 aromatic heterocycles. The molecule has 0 atom stereocenters. The molecule has 0 bridgehead atoms. The Morgan fingerprint density at radius 3 is 2.26 bits per heavy atom. The van der Waals surface area contributed by atoms with Gasteiger partial charge in [-0.1, -0.05) is 24.3 Å². The Labute approximate surface area is 185 Å². The van der Waals surface area contributed by atoms with Crippen molar-refractivity contribution in [3.8, 4) is 0 Å². The lowest BCUT2D eigenvalue weighted by Gasteiger charge is -2.38. The van der Waals surface area contributed by atoms with Crippen molar-refractivity contribution < 1.29 is 13.9 Å². The maximum Gasteiger partial charge on any atom is 0.339 e. The van der Waals surface area contributed by atoms with Crippen LogP contribution in [0.3, 0.4) is 0 Å². The van der Waals surface area contributed by atoms with Gasteiger partial charge in [0.2, 0.25) is 0 Å². The SMILES string of the molecule is COC(=O)c1ccccc1N1CCC(CN2CCC(Cc3ccc(F)cc3)CC2)CC1. The standard InChI is InChI=1S/C26H33FN2O2/c1-31-26(30)24-4-2-3-5-25(24)29-16-12-22(13-17-29)19-28-14-10-21(11-15-28)18-20-6-8-23(27)9-7-20/h2-9,21-22H,10-19H2,1H3. The van der Waals surface area contributed by atoms with Gasteiger partial charge in [0.1, 0.15) is 5.82 Å². The van der Waals surface area contributed by atoms with Crippen LogP contribution < -0.4 is 4.90 Å². The van der Waals surface area contributed by atoms with E-state index in [0.717, 1.165) is 57.0 Å². The number of hydrogen-bond acceptors (Lipinski definition) is 4. The molecule has 0 aliphatic carbocycles. The number of halogens is 1. The highest BCUT2D eigenvalue weighted by atomic mass is 19.1. The molecule has 2 saturated heterocycles. The van der Waals surface area contributed by atoms with E-state index in [2.05, 4.69) is 9.80 Å². The lowest BCUT2D eigenvalue weighted by molar-refractivity contribution is 0.0601. The summed E-state index contributed by atoms with van der Waals surface area (Å²) in [5.74, 6) is 1.01. The number of carbonyl (C=O) groups is 1. The van der Waals surface area contributed by atoms with Crippen molar-refractivity contribution in [1.82, 2.24) is 4.90 Å². The second-order valence-corrected chi connectivity index (χ2v) is 9.01. The predicted octanol–water partition coefficient (Wildman–Crippen LogP) is 4.78. The van der Waals surface area contributed by atoms with Crippen LogP contribution in [0.5, 0.6) is 0 Å². The van der Waals surface area contributed by atoms with E-state index in [0.29, 0.717) is 11.5 Å². The molecule has 31 heavy (non-hydrogen) atoms. The summed E-state index contributed by atoms with van der Waals surface area (Å²) in [6, 6.07) is 14.7. The maximum atomic E-state index is 13.1. The summed E-state index contributed by atoms with van der Waals surface area (Å²) in [5, 5.41) is 0. The molecular weight excluding hydrogens is 391 g/mol. The van der Waals surface area contributed by atoms with Crippen LogP contribution in [0.15, 0.2) is 48.5 Å². The second kappa shape index (κ2) is 10.3. The van der Waals surface area contributed by atoms with Crippen LogP contribution in [0.25, 0.3) is 0 Å². The Bertz CT molecular complexity index is 854. The number of esters is 1. The van der Waals surface area contributed by atoms with E-state index in [-0.39, 0.29) is 11.8 Å². The molecule has 0 amide bonds. The van der Waals surface area contributed by atoms with Gasteiger partial charge < -0.3 is 14.5 Å². The summed E-state index contributed by atoms with van der Waals surface area (Å²) >= 11 is 0. The minimum Gasteiger partial charge on any atom is -0.465 e. The number of para-hydroxylation sites is 1. The molecule has 0 N–H and O–H groups in total. The first-order chi connectivity index (χ1) is 15.1. The Kier molecular flexibility index (Phi) is 7.23. The Hall–Kier alpha value is -2.40. The number of nitrogens with zero attached hydrogens (tertiary/aromatic N) is 2. The van der Waals surface area contributed by atoms with Crippen LogP contribution in [0.2, 0.25) is 0 Å². The Morgan fingerprint density at radius 2 is 1.58 bits per heavy atom. The van der Waals surface area contributed by atoms with Crippen LogP contribution in [0.1, 0.15) is 41.6 Å². The summed E-state index contributed by atoms with van der Waals surface area (Å²) in [7, 11) is 1.44. The van der Waals surface area contributed by atoms with Crippen molar-refractivity contribution in [2.45, 2.75) is 32.1 Å². The van der Waals surface area contributed by atoms with Gasteiger partial charge in [-0.15, -0.1) is 0 Å². The third-order valence-corrected chi connectivity index (χ3v) is 6.93. The monoisotopic (exact) mass is 424 g/mol. The molecule has 2 aliphatic heterocycles. The topological polar surface area (TPSA) is 32.8 Å². The highest BCUT2D eigenvalue weighted by Gasteiger charge is 2.26. The van der Waals surface area contributed by atoms with Gasteiger partial charge in [0.05, 0.1) is 18.4 Å². The number of rotatable bonds is 6. The van der Waals surface area contributed by atoms with Gasteiger partial charge in [-0.3, -0.25) is 0 Å². The molecule has 4 nitrogen and oxygen atoms in total. The van der Waals surface area contributed by atoms with Crippen molar-refractivity contribution in [3.63, 3.8) is 0 Å². The first-order valence-corrected chi connectivity index (χ1v) is 11.5. The molecule has 166 valence electrons. The smallest absolute Gasteiger partial charge is 0.339 e. The minimum absolute atomic E-state index is 0.154. The van der Waals surface area contributed by atoms with E-state index in [1.807, 2.05) is 36.4 Å². The molecule has 2 aromatic rings. The van der Waals surface area contributed by atoms with Crippen LogP contribution in [0, 0.1) is 17.7 Å². The molecule has 0 radical (unpaired) electrons. The first kappa shape index (κ1) is 21.8. The number of hydrogen-bond donors (Lipinski definition) is 0. The highest BCUT2D eigenvalue weighted by Crippen LogP contribution is 2.29. The highest BCUT2D eigenvalue weighted by molar-refractivity contribution is 5.95. The second-order valence-electron chi connectivity index (χ2n) is 9.01. The third kappa shape index (κ3) is 5.65. The maximum absolute atomic E-state index is 13.1. The van der Waals surface area contributed by atoms with Crippen molar-refractivity contribution >= 4 is 11.7 Å². The van der Waals surface area contributed by atoms with E-state index in [9.17, 15) is 9.18 Å². The van der Waals surface area contributed by atoms with Gasteiger partial charge in [-0.25, -0.2) is 9.18 Å². The lowest BCUT2D eigenvalue weighted by Crippen LogP contribution is -2.42. The normalized spacial score (nSPS) is 18.8. The zero-order valence-electron chi connectivity index (χ0n) is 18.4. The van der Waals surface area contributed by atoms with Crippen molar-refractivity contribution in [2.24, 2.45) is 11.8 Å². The molecule has 2 heterocycles. The number of ether oxygens (including phenoxy) is 1. The van der Waals surface area contributed by atoms with Crippen molar-refractivity contribution in [1.29, 1.82) is 0 Å². The molecule has 4 rings (SSSR count). The zero-order chi connectivity index (χ0) is 21.6. The molecule has 0 spiro atoms. The fourth-order valence-corrected chi connectivity index (χ4v) is 5.08. The molecular formula is C26H33FN2O2. The number of carbonyl (C=O) groups excluding carboxylic acids is 1. The van der Waals surface area contributed by atoms with E-state index in [1.165, 1.54) is 32.1 Å². The molecule has 0 unspecified atom stereocenters. The predicted molar refractivity (Wildman–Crippen MR) is 122 cm³/mol. The van der Waals surface area contributed by atoms with E-state index in [1.54, 1.807) is 12.1 Å².